The zero-order valence-electron chi connectivity index (χ0n) is 17.2. The van der Waals surface area contributed by atoms with Crippen LogP contribution in [-0.2, 0) is 9.59 Å². The van der Waals surface area contributed by atoms with E-state index in [1.165, 1.54) is 4.90 Å². The average Bonchev–Trinajstić information content (AvgIpc) is 2.68. The standard InChI is InChI=1S/C21H32N4O3/c1-4-11-22-19(26)14-24(3)20(27)15-25-12-9-17(10-13-25)23-21(28)18-8-6-5-7-16(18)2/h5-8,17H,4,9-15H2,1-3H3,(H,22,26)(H,23,28). The smallest absolute Gasteiger partial charge is 0.251 e. The number of hydrogen-bond acceptors (Lipinski definition) is 4. The number of aryl methyl sites for hydroxylation is 1. The Hall–Kier alpha value is -2.41. The summed E-state index contributed by atoms with van der Waals surface area (Å²) >= 11 is 0. The Kier molecular flexibility index (Phi) is 8.44. The van der Waals surface area contributed by atoms with Crippen LogP contribution >= 0.6 is 0 Å². The summed E-state index contributed by atoms with van der Waals surface area (Å²) in [5, 5.41) is 5.88. The van der Waals surface area contributed by atoms with Crippen molar-refractivity contribution in [3.05, 3.63) is 35.4 Å². The predicted molar refractivity (Wildman–Crippen MR) is 109 cm³/mol. The Morgan fingerprint density at radius 2 is 1.86 bits per heavy atom. The van der Waals surface area contributed by atoms with Crippen molar-refractivity contribution in [2.24, 2.45) is 0 Å². The van der Waals surface area contributed by atoms with E-state index >= 15 is 0 Å². The molecule has 7 nitrogen and oxygen atoms in total. The molecule has 1 aliphatic heterocycles. The van der Waals surface area contributed by atoms with Gasteiger partial charge in [-0.25, -0.2) is 0 Å². The molecule has 7 heteroatoms. The molecule has 1 fully saturated rings. The summed E-state index contributed by atoms with van der Waals surface area (Å²) < 4.78 is 0. The fourth-order valence-corrected chi connectivity index (χ4v) is 3.26. The van der Waals surface area contributed by atoms with Gasteiger partial charge in [-0.1, -0.05) is 25.1 Å². The molecule has 0 bridgehead atoms. The largest absolute Gasteiger partial charge is 0.355 e. The Labute approximate surface area is 167 Å². The van der Waals surface area contributed by atoms with Gasteiger partial charge < -0.3 is 15.5 Å². The second kappa shape index (κ2) is 10.8. The number of piperidine rings is 1. The van der Waals surface area contributed by atoms with E-state index in [4.69, 9.17) is 0 Å². The van der Waals surface area contributed by atoms with Crippen molar-refractivity contribution in [3.8, 4) is 0 Å². The van der Waals surface area contributed by atoms with E-state index in [-0.39, 0.29) is 30.3 Å². The molecule has 1 saturated heterocycles. The molecule has 0 radical (unpaired) electrons. The molecular weight excluding hydrogens is 356 g/mol. The Bertz CT molecular complexity index is 684. The van der Waals surface area contributed by atoms with Crippen molar-refractivity contribution < 1.29 is 14.4 Å². The molecule has 1 aliphatic rings. The molecule has 0 aromatic heterocycles. The Morgan fingerprint density at radius 3 is 2.50 bits per heavy atom. The monoisotopic (exact) mass is 388 g/mol. The number of nitrogens with zero attached hydrogens (tertiary/aromatic N) is 2. The number of rotatable bonds is 8. The van der Waals surface area contributed by atoms with Gasteiger partial charge in [0.05, 0.1) is 13.1 Å². The lowest BCUT2D eigenvalue weighted by molar-refractivity contribution is -0.135. The van der Waals surface area contributed by atoms with Crippen LogP contribution in [0, 0.1) is 6.92 Å². The fourth-order valence-electron chi connectivity index (χ4n) is 3.26. The van der Waals surface area contributed by atoms with Crippen molar-refractivity contribution in [1.82, 2.24) is 20.4 Å². The third kappa shape index (κ3) is 6.64. The van der Waals surface area contributed by atoms with Crippen molar-refractivity contribution in [1.29, 1.82) is 0 Å². The quantitative estimate of drug-likeness (QED) is 0.701. The molecule has 3 amide bonds. The number of amides is 3. The lowest BCUT2D eigenvalue weighted by atomic mass is 10.0. The number of carbonyl (C=O) groups excluding carboxylic acids is 3. The summed E-state index contributed by atoms with van der Waals surface area (Å²) in [5.41, 5.74) is 1.68. The minimum Gasteiger partial charge on any atom is -0.355 e. The van der Waals surface area contributed by atoms with Gasteiger partial charge in [0, 0.05) is 38.3 Å². The molecule has 2 rings (SSSR count). The molecule has 0 atom stereocenters. The van der Waals surface area contributed by atoms with E-state index in [1.807, 2.05) is 38.1 Å². The number of likely N-dealkylation sites (N-methyl/N-ethyl adjacent to an activating group) is 1. The van der Waals surface area contributed by atoms with E-state index < -0.39 is 0 Å². The van der Waals surface area contributed by atoms with Gasteiger partial charge >= 0.3 is 0 Å². The summed E-state index contributed by atoms with van der Waals surface area (Å²) in [6.45, 7) is 6.44. The van der Waals surface area contributed by atoms with Crippen LogP contribution in [0.15, 0.2) is 24.3 Å². The van der Waals surface area contributed by atoms with Crippen LogP contribution in [0.25, 0.3) is 0 Å². The summed E-state index contributed by atoms with van der Waals surface area (Å²) in [5.74, 6) is -0.227. The Balaban J connectivity index is 1.73. The van der Waals surface area contributed by atoms with E-state index in [9.17, 15) is 14.4 Å². The first-order chi connectivity index (χ1) is 13.4. The van der Waals surface area contributed by atoms with Gasteiger partial charge in [-0.05, 0) is 37.8 Å². The maximum Gasteiger partial charge on any atom is 0.251 e. The zero-order valence-corrected chi connectivity index (χ0v) is 17.2. The topological polar surface area (TPSA) is 81.8 Å². The minimum absolute atomic E-state index is 0.0366. The van der Waals surface area contributed by atoms with E-state index in [1.54, 1.807) is 7.05 Å². The molecule has 154 valence electrons. The number of hydrogen-bond donors (Lipinski definition) is 2. The number of carbonyl (C=O) groups is 3. The number of nitrogens with one attached hydrogen (secondary N) is 2. The highest BCUT2D eigenvalue weighted by Gasteiger charge is 2.24. The second-order valence-corrected chi connectivity index (χ2v) is 7.44. The van der Waals surface area contributed by atoms with E-state index in [2.05, 4.69) is 15.5 Å². The molecule has 1 heterocycles. The van der Waals surface area contributed by atoms with Crippen LogP contribution in [0.3, 0.4) is 0 Å². The van der Waals surface area contributed by atoms with Crippen LogP contribution in [0.5, 0.6) is 0 Å². The lowest BCUT2D eigenvalue weighted by Gasteiger charge is -2.32. The maximum atomic E-state index is 12.4. The molecule has 0 aliphatic carbocycles. The van der Waals surface area contributed by atoms with Crippen LogP contribution in [0.2, 0.25) is 0 Å². The molecule has 1 aromatic rings. The molecular formula is C21H32N4O3. The molecule has 2 N–H and O–H groups in total. The molecule has 0 unspecified atom stereocenters. The van der Waals surface area contributed by atoms with Crippen molar-refractivity contribution in [2.75, 3.05) is 39.8 Å². The van der Waals surface area contributed by atoms with E-state index in [0.717, 1.165) is 37.9 Å². The zero-order chi connectivity index (χ0) is 20.5. The predicted octanol–water partition coefficient (Wildman–Crippen LogP) is 1.17. The molecule has 1 aromatic carbocycles. The van der Waals surface area contributed by atoms with Crippen LogP contribution < -0.4 is 10.6 Å². The highest BCUT2D eigenvalue weighted by Crippen LogP contribution is 2.13. The van der Waals surface area contributed by atoms with E-state index in [0.29, 0.717) is 18.7 Å². The molecule has 0 saturated carbocycles. The van der Waals surface area contributed by atoms with Crippen LogP contribution in [0.4, 0.5) is 0 Å². The average molecular weight is 389 g/mol. The van der Waals surface area contributed by atoms with Gasteiger partial charge in [-0.15, -0.1) is 0 Å². The van der Waals surface area contributed by atoms with Gasteiger partial charge in [0.2, 0.25) is 11.8 Å². The highest BCUT2D eigenvalue weighted by atomic mass is 16.2. The van der Waals surface area contributed by atoms with Crippen LogP contribution in [-0.4, -0.2) is 73.3 Å². The maximum absolute atomic E-state index is 12.4. The number of benzene rings is 1. The van der Waals surface area contributed by atoms with Crippen molar-refractivity contribution in [2.45, 2.75) is 39.2 Å². The number of likely N-dealkylation sites (tertiary alicyclic amines) is 1. The molecule has 28 heavy (non-hydrogen) atoms. The highest BCUT2D eigenvalue weighted by molar-refractivity contribution is 5.95. The van der Waals surface area contributed by atoms with Gasteiger partial charge in [-0.3, -0.25) is 19.3 Å². The van der Waals surface area contributed by atoms with Crippen molar-refractivity contribution >= 4 is 17.7 Å². The second-order valence-electron chi connectivity index (χ2n) is 7.44. The first kappa shape index (κ1) is 21.9. The summed E-state index contributed by atoms with van der Waals surface area (Å²) in [6.07, 6.45) is 2.50. The minimum atomic E-state index is -0.129. The molecule has 0 spiro atoms. The summed E-state index contributed by atoms with van der Waals surface area (Å²) in [6, 6.07) is 7.69. The van der Waals surface area contributed by atoms with Crippen molar-refractivity contribution in [3.63, 3.8) is 0 Å². The van der Waals surface area contributed by atoms with Crippen LogP contribution in [0.1, 0.15) is 42.1 Å². The lowest BCUT2D eigenvalue weighted by Crippen LogP contribution is -2.48. The Morgan fingerprint density at radius 1 is 1.18 bits per heavy atom. The third-order valence-corrected chi connectivity index (χ3v) is 5.05. The normalized spacial score (nSPS) is 15.1. The first-order valence-electron chi connectivity index (χ1n) is 10.00. The van der Waals surface area contributed by atoms with Gasteiger partial charge in [0.1, 0.15) is 0 Å². The summed E-state index contributed by atoms with van der Waals surface area (Å²) in [7, 11) is 1.66. The van der Waals surface area contributed by atoms with Gasteiger partial charge in [-0.2, -0.15) is 0 Å². The third-order valence-electron chi connectivity index (χ3n) is 5.05. The van der Waals surface area contributed by atoms with Gasteiger partial charge in [0.25, 0.3) is 5.91 Å². The van der Waals surface area contributed by atoms with Gasteiger partial charge in [0.15, 0.2) is 0 Å². The summed E-state index contributed by atoms with van der Waals surface area (Å²) in [4.78, 5) is 40.1. The first-order valence-corrected chi connectivity index (χ1v) is 10.00. The SMILES string of the molecule is CCCNC(=O)CN(C)C(=O)CN1CCC(NC(=O)c2ccccc2C)CC1. The fraction of sp³-hybridized carbons (Fsp3) is 0.571.